The van der Waals surface area contributed by atoms with E-state index in [9.17, 15) is 23.1 Å². The van der Waals surface area contributed by atoms with E-state index in [0.717, 1.165) is 6.07 Å². The molecule has 4 nitrogen and oxygen atoms in total. The highest BCUT2D eigenvalue weighted by atomic mass is 19.4. The van der Waals surface area contributed by atoms with Crippen molar-refractivity contribution in [2.45, 2.75) is 31.5 Å². The molecule has 0 saturated carbocycles. The molecule has 1 aromatic carbocycles. The molecule has 1 aromatic heterocycles. The summed E-state index contributed by atoms with van der Waals surface area (Å²) < 4.78 is 40.8. The molecule has 0 aliphatic carbocycles. The Bertz CT molecular complexity index is 722. The van der Waals surface area contributed by atoms with Gasteiger partial charge in [0.05, 0.1) is 11.3 Å². The predicted molar refractivity (Wildman–Crippen MR) is 72.3 cm³/mol. The van der Waals surface area contributed by atoms with E-state index in [-0.39, 0.29) is 11.3 Å². The maximum atomic E-state index is 13.1. The first-order chi connectivity index (χ1) is 10.4. The number of carboxylic acids is 1. The molecule has 1 atom stereocenters. The zero-order chi connectivity index (χ0) is 15.9. The van der Waals surface area contributed by atoms with E-state index in [1.165, 1.54) is 29.0 Å². The Kier molecular flexibility index (Phi) is 3.42. The van der Waals surface area contributed by atoms with Crippen LogP contribution in [-0.4, -0.2) is 20.6 Å². The first-order valence-corrected chi connectivity index (χ1v) is 6.85. The van der Waals surface area contributed by atoms with Gasteiger partial charge in [-0.25, -0.2) is 9.78 Å². The van der Waals surface area contributed by atoms with Crippen molar-refractivity contribution in [3.8, 4) is 11.3 Å². The minimum Gasteiger partial charge on any atom is -0.480 e. The molecular weight excluding hydrogens is 297 g/mol. The van der Waals surface area contributed by atoms with E-state index in [4.69, 9.17) is 0 Å². The third-order valence-electron chi connectivity index (χ3n) is 3.82. The van der Waals surface area contributed by atoms with Crippen molar-refractivity contribution >= 4 is 5.97 Å². The van der Waals surface area contributed by atoms with Crippen LogP contribution >= 0.6 is 0 Å². The molecule has 3 rings (SSSR count). The zero-order valence-corrected chi connectivity index (χ0v) is 11.5. The Hall–Kier alpha value is -2.31. The van der Waals surface area contributed by atoms with Gasteiger partial charge in [0.15, 0.2) is 0 Å². The summed E-state index contributed by atoms with van der Waals surface area (Å²) in [6.45, 7) is 0. The number of fused-ring (bicyclic) bond motifs is 1. The highest BCUT2D eigenvalue weighted by Crippen LogP contribution is 2.37. The predicted octanol–water partition coefficient (Wildman–Crippen LogP) is 3.53. The number of aromatic nitrogens is 2. The Morgan fingerprint density at radius 1 is 1.32 bits per heavy atom. The Morgan fingerprint density at radius 2 is 2.05 bits per heavy atom. The topological polar surface area (TPSA) is 55.1 Å². The molecule has 0 radical (unpaired) electrons. The largest absolute Gasteiger partial charge is 0.480 e. The molecular formula is C15H13F3N2O2. The maximum absolute atomic E-state index is 13.1. The van der Waals surface area contributed by atoms with Gasteiger partial charge in [0.25, 0.3) is 0 Å². The van der Waals surface area contributed by atoms with Gasteiger partial charge in [-0.1, -0.05) is 18.2 Å². The fraction of sp³-hybridized carbons (Fsp3) is 0.333. The van der Waals surface area contributed by atoms with Gasteiger partial charge in [0.2, 0.25) is 0 Å². The number of rotatable bonds is 2. The van der Waals surface area contributed by atoms with Gasteiger partial charge in [0.1, 0.15) is 11.9 Å². The van der Waals surface area contributed by atoms with Crippen molar-refractivity contribution in [1.82, 2.24) is 9.55 Å². The Morgan fingerprint density at radius 3 is 2.73 bits per heavy atom. The normalized spacial score (nSPS) is 18.0. The van der Waals surface area contributed by atoms with Crippen molar-refractivity contribution < 1.29 is 23.1 Å². The molecule has 0 bridgehead atoms. The van der Waals surface area contributed by atoms with Gasteiger partial charge >= 0.3 is 12.1 Å². The van der Waals surface area contributed by atoms with Crippen LogP contribution in [0.25, 0.3) is 11.3 Å². The quantitative estimate of drug-likeness (QED) is 0.923. The van der Waals surface area contributed by atoms with Crippen LogP contribution in [0.5, 0.6) is 0 Å². The molecule has 2 heterocycles. The lowest BCUT2D eigenvalue weighted by atomic mass is 10.0. The standard InChI is InChI=1S/C15H13F3N2O2/c16-15(17,18)10-5-2-1-4-9(10)11-8-20-12(14(21)22)6-3-7-13(20)19-11/h1-2,4-5,8,12H,3,6-7H2,(H,21,22). The molecule has 2 aromatic rings. The summed E-state index contributed by atoms with van der Waals surface area (Å²) >= 11 is 0. The lowest BCUT2D eigenvalue weighted by molar-refractivity contribution is -0.141. The summed E-state index contributed by atoms with van der Waals surface area (Å²) in [5.74, 6) is -0.473. The lowest BCUT2D eigenvalue weighted by Crippen LogP contribution is -2.24. The van der Waals surface area contributed by atoms with Crippen LogP contribution in [0.1, 0.15) is 30.3 Å². The van der Waals surface area contributed by atoms with E-state index < -0.39 is 23.8 Å². The van der Waals surface area contributed by atoms with Gasteiger partial charge in [-0.2, -0.15) is 13.2 Å². The molecule has 0 fully saturated rings. The van der Waals surface area contributed by atoms with E-state index >= 15 is 0 Å². The number of nitrogens with zero attached hydrogens (tertiary/aromatic N) is 2. The van der Waals surface area contributed by atoms with Gasteiger partial charge in [-0.05, 0) is 18.9 Å². The first kappa shape index (κ1) is 14.6. The lowest BCUT2D eigenvalue weighted by Gasteiger charge is -2.20. The smallest absolute Gasteiger partial charge is 0.417 e. The second-order valence-electron chi connectivity index (χ2n) is 5.24. The minimum absolute atomic E-state index is 0.0268. The van der Waals surface area contributed by atoms with Crippen LogP contribution in [0.15, 0.2) is 30.5 Å². The average molecular weight is 310 g/mol. The number of hydrogen-bond donors (Lipinski definition) is 1. The number of hydrogen-bond acceptors (Lipinski definition) is 2. The molecule has 1 aliphatic heterocycles. The van der Waals surface area contributed by atoms with Crippen LogP contribution in [0.2, 0.25) is 0 Å². The van der Waals surface area contributed by atoms with E-state index in [0.29, 0.717) is 25.1 Å². The molecule has 0 amide bonds. The number of halogens is 3. The van der Waals surface area contributed by atoms with Crippen molar-refractivity contribution in [2.24, 2.45) is 0 Å². The third-order valence-corrected chi connectivity index (χ3v) is 3.82. The number of benzene rings is 1. The number of aryl methyl sites for hydroxylation is 1. The average Bonchev–Trinajstić information content (AvgIpc) is 2.89. The number of aliphatic carboxylic acids is 1. The molecule has 22 heavy (non-hydrogen) atoms. The van der Waals surface area contributed by atoms with E-state index in [1.54, 1.807) is 0 Å². The van der Waals surface area contributed by atoms with Crippen molar-refractivity contribution in [3.63, 3.8) is 0 Å². The van der Waals surface area contributed by atoms with Gasteiger partial charge in [0, 0.05) is 18.2 Å². The summed E-state index contributed by atoms with van der Waals surface area (Å²) in [7, 11) is 0. The van der Waals surface area contributed by atoms with Gasteiger partial charge < -0.3 is 9.67 Å². The molecule has 1 unspecified atom stereocenters. The van der Waals surface area contributed by atoms with E-state index in [1.807, 2.05) is 0 Å². The Labute approximate surface area is 124 Å². The fourth-order valence-electron chi connectivity index (χ4n) is 2.81. The minimum atomic E-state index is -4.48. The molecule has 116 valence electrons. The van der Waals surface area contributed by atoms with E-state index in [2.05, 4.69) is 4.98 Å². The van der Waals surface area contributed by atoms with Crippen LogP contribution in [-0.2, 0) is 17.4 Å². The molecule has 0 spiro atoms. The number of carboxylic acid groups (broad SMARTS) is 1. The Balaban J connectivity index is 2.10. The second-order valence-corrected chi connectivity index (χ2v) is 5.24. The van der Waals surface area contributed by atoms with Crippen molar-refractivity contribution in [2.75, 3.05) is 0 Å². The SMILES string of the molecule is O=C(O)C1CCCc2nc(-c3ccccc3C(F)(F)F)cn21. The highest BCUT2D eigenvalue weighted by molar-refractivity contribution is 5.73. The molecule has 1 aliphatic rings. The van der Waals surface area contributed by atoms with Crippen LogP contribution in [0.3, 0.4) is 0 Å². The number of imidazole rings is 1. The summed E-state index contributed by atoms with van der Waals surface area (Å²) in [6.07, 6.45) is -1.38. The fourth-order valence-corrected chi connectivity index (χ4v) is 2.81. The monoisotopic (exact) mass is 310 g/mol. The van der Waals surface area contributed by atoms with Gasteiger partial charge in [-0.15, -0.1) is 0 Å². The van der Waals surface area contributed by atoms with Crippen molar-refractivity contribution in [1.29, 1.82) is 0 Å². The van der Waals surface area contributed by atoms with Crippen molar-refractivity contribution in [3.05, 3.63) is 41.9 Å². The molecule has 1 N–H and O–H groups in total. The summed E-state index contributed by atoms with van der Waals surface area (Å²) in [4.78, 5) is 15.5. The zero-order valence-electron chi connectivity index (χ0n) is 11.5. The van der Waals surface area contributed by atoms with Crippen LogP contribution in [0.4, 0.5) is 13.2 Å². The highest BCUT2D eigenvalue weighted by Gasteiger charge is 2.35. The van der Waals surface area contributed by atoms with Crippen LogP contribution in [0, 0.1) is 0 Å². The molecule has 7 heteroatoms. The number of carbonyl (C=O) groups is 1. The molecule has 0 saturated heterocycles. The summed E-state index contributed by atoms with van der Waals surface area (Å²) in [5.41, 5.74) is -0.630. The summed E-state index contributed by atoms with van der Waals surface area (Å²) in [5, 5.41) is 9.22. The third kappa shape index (κ3) is 2.47. The second kappa shape index (κ2) is 5.15. The maximum Gasteiger partial charge on any atom is 0.417 e. The van der Waals surface area contributed by atoms with Crippen LogP contribution < -0.4 is 0 Å². The number of alkyl halides is 3. The summed E-state index contributed by atoms with van der Waals surface area (Å²) in [6, 6.07) is 4.43. The van der Waals surface area contributed by atoms with Gasteiger partial charge in [-0.3, -0.25) is 0 Å². The first-order valence-electron chi connectivity index (χ1n) is 6.85.